The van der Waals surface area contributed by atoms with E-state index in [1.54, 1.807) is 35.2 Å². The van der Waals surface area contributed by atoms with Crippen LogP contribution in [0.1, 0.15) is 24.8 Å². The van der Waals surface area contributed by atoms with Crippen molar-refractivity contribution in [3.8, 4) is 5.75 Å². The Morgan fingerprint density at radius 1 is 1.00 bits per heavy atom. The smallest absolute Gasteiger partial charge is 0.265 e. The van der Waals surface area contributed by atoms with Crippen molar-refractivity contribution >= 4 is 23.6 Å². The molecule has 2 amide bonds. The molecule has 2 aliphatic heterocycles. The highest BCUT2D eigenvalue weighted by Crippen LogP contribution is 2.34. The van der Waals surface area contributed by atoms with Gasteiger partial charge in [-0.05, 0) is 55.2 Å². The van der Waals surface area contributed by atoms with Crippen LogP contribution in [-0.2, 0) is 9.59 Å². The molecule has 2 aliphatic rings. The first-order chi connectivity index (χ1) is 14.1. The monoisotopic (exact) mass is 394 g/mol. The minimum Gasteiger partial charge on any atom is -0.476 e. The molecule has 1 fully saturated rings. The molecule has 0 N–H and O–H groups in total. The third kappa shape index (κ3) is 4.31. The summed E-state index contributed by atoms with van der Waals surface area (Å²) in [4.78, 5) is 29.3. The first-order valence-corrected chi connectivity index (χ1v) is 9.91. The van der Waals surface area contributed by atoms with Crippen LogP contribution in [0, 0.1) is 5.82 Å². The number of para-hydroxylation sites is 2. The van der Waals surface area contributed by atoms with Gasteiger partial charge in [0.2, 0.25) is 0 Å². The number of carbonyl (C=O) groups is 2. The van der Waals surface area contributed by atoms with E-state index in [1.807, 2.05) is 17.0 Å². The molecule has 0 spiro atoms. The second-order valence-electron chi connectivity index (χ2n) is 7.29. The maximum absolute atomic E-state index is 13.1. The van der Waals surface area contributed by atoms with Crippen molar-refractivity contribution in [2.24, 2.45) is 0 Å². The van der Waals surface area contributed by atoms with Gasteiger partial charge >= 0.3 is 0 Å². The lowest BCUT2D eigenvalue weighted by Crippen LogP contribution is -2.52. The minimum absolute atomic E-state index is 0.0699. The quantitative estimate of drug-likeness (QED) is 0.747. The summed E-state index contributed by atoms with van der Waals surface area (Å²) < 4.78 is 19.0. The topological polar surface area (TPSA) is 49.9 Å². The van der Waals surface area contributed by atoms with Gasteiger partial charge in [-0.2, -0.15) is 0 Å². The van der Waals surface area contributed by atoms with Crippen molar-refractivity contribution < 1.29 is 18.7 Å². The van der Waals surface area contributed by atoms with E-state index >= 15 is 0 Å². The standard InChI is InChI=1S/C23H23FN2O3/c24-18-11-8-17(9-12-18)10-13-22(27)26-16-21(23(28)25-14-4-1-5-15-25)29-20-7-3-2-6-19(20)26/h2-3,6-13,21H,1,4-5,14-16H2/b13-10+/t21-/m0/s1. The lowest BCUT2D eigenvalue weighted by molar-refractivity contribution is -0.139. The number of amides is 2. The molecule has 5 nitrogen and oxygen atoms in total. The highest BCUT2D eigenvalue weighted by molar-refractivity contribution is 6.05. The number of fused-ring (bicyclic) bond motifs is 1. The van der Waals surface area contributed by atoms with Crippen molar-refractivity contribution in [1.82, 2.24) is 4.90 Å². The molecule has 0 unspecified atom stereocenters. The van der Waals surface area contributed by atoms with Gasteiger partial charge in [-0.25, -0.2) is 4.39 Å². The number of rotatable bonds is 3. The van der Waals surface area contributed by atoms with Gasteiger partial charge in [0.15, 0.2) is 6.10 Å². The molecule has 2 aromatic rings. The second-order valence-corrected chi connectivity index (χ2v) is 7.29. The predicted octanol–water partition coefficient (Wildman–Crippen LogP) is 3.65. The summed E-state index contributed by atoms with van der Waals surface area (Å²) in [6, 6.07) is 13.1. The van der Waals surface area contributed by atoms with Crippen molar-refractivity contribution in [1.29, 1.82) is 0 Å². The predicted molar refractivity (Wildman–Crippen MR) is 109 cm³/mol. The maximum atomic E-state index is 13.1. The summed E-state index contributed by atoms with van der Waals surface area (Å²) >= 11 is 0. The number of ether oxygens (including phenoxy) is 1. The van der Waals surface area contributed by atoms with Crippen molar-refractivity contribution in [2.75, 3.05) is 24.5 Å². The van der Waals surface area contributed by atoms with Crippen LogP contribution in [0.5, 0.6) is 5.75 Å². The van der Waals surface area contributed by atoms with Gasteiger partial charge in [-0.15, -0.1) is 0 Å². The van der Waals surface area contributed by atoms with Gasteiger partial charge in [0.05, 0.1) is 12.2 Å². The normalized spacial score (nSPS) is 19.0. The lowest BCUT2D eigenvalue weighted by Gasteiger charge is -2.37. The summed E-state index contributed by atoms with van der Waals surface area (Å²) in [6.07, 6.45) is 5.50. The van der Waals surface area contributed by atoms with E-state index in [9.17, 15) is 14.0 Å². The Labute approximate surface area is 169 Å². The number of likely N-dealkylation sites (tertiary alicyclic amines) is 1. The number of piperidine rings is 1. The summed E-state index contributed by atoms with van der Waals surface area (Å²) in [5.41, 5.74) is 1.37. The second kappa shape index (κ2) is 8.47. The molecule has 29 heavy (non-hydrogen) atoms. The number of carbonyl (C=O) groups excluding carboxylic acids is 2. The van der Waals surface area contributed by atoms with Gasteiger partial charge in [0.1, 0.15) is 11.6 Å². The Balaban J connectivity index is 1.55. The van der Waals surface area contributed by atoms with Gasteiger partial charge in [0.25, 0.3) is 11.8 Å². The van der Waals surface area contributed by atoms with Crippen molar-refractivity contribution in [3.63, 3.8) is 0 Å². The number of anilines is 1. The van der Waals surface area contributed by atoms with E-state index < -0.39 is 6.10 Å². The summed E-state index contributed by atoms with van der Waals surface area (Å²) in [6.45, 7) is 1.64. The molecule has 0 aromatic heterocycles. The Bertz CT molecular complexity index is 920. The molecule has 150 valence electrons. The molecule has 0 saturated carbocycles. The van der Waals surface area contributed by atoms with Gasteiger partial charge in [-0.1, -0.05) is 24.3 Å². The van der Waals surface area contributed by atoms with Gasteiger partial charge < -0.3 is 14.5 Å². The molecular weight excluding hydrogens is 371 g/mol. The number of nitrogens with zero attached hydrogens (tertiary/aromatic N) is 2. The fourth-order valence-corrected chi connectivity index (χ4v) is 3.72. The van der Waals surface area contributed by atoms with E-state index in [0.717, 1.165) is 37.9 Å². The molecule has 1 atom stereocenters. The SMILES string of the molecule is O=C([C@@H]1CN(C(=O)/C=C/c2ccc(F)cc2)c2ccccc2O1)N1CCCCC1. The zero-order valence-corrected chi connectivity index (χ0v) is 16.1. The van der Waals surface area contributed by atoms with E-state index in [0.29, 0.717) is 11.4 Å². The van der Waals surface area contributed by atoms with Crippen LogP contribution < -0.4 is 9.64 Å². The van der Waals surface area contributed by atoms with E-state index in [4.69, 9.17) is 4.74 Å². The number of halogens is 1. The number of hydrogen-bond donors (Lipinski definition) is 0. The largest absolute Gasteiger partial charge is 0.476 e. The van der Waals surface area contributed by atoms with Crippen LogP contribution in [-0.4, -0.2) is 42.5 Å². The molecule has 1 saturated heterocycles. The highest BCUT2D eigenvalue weighted by Gasteiger charge is 2.35. The van der Waals surface area contributed by atoms with E-state index in [2.05, 4.69) is 0 Å². The zero-order valence-electron chi connectivity index (χ0n) is 16.1. The Morgan fingerprint density at radius 2 is 1.72 bits per heavy atom. The summed E-state index contributed by atoms with van der Waals surface area (Å²) in [7, 11) is 0. The van der Waals surface area contributed by atoms with E-state index in [-0.39, 0.29) is 24.2 Å². The molecule has 2 heterocycles. The maximum Gasteiger partial charge on any atom is 0.265 e. The highest BCUT2D eigenvalue weighted by atomic mass is 19.1. The van der Waals surface area contributed by atoms with Crippen LogP contribution in [0.2, 0.25) is 0 Å². The fraction of sp³-hybridized carbons (Fsp3) is 0.304. The first-order valence-electron chi connectivity index (χ1n) is 9.91. The van der Waals surface area contributed by atoms with Crippen LogP contribution in [0.4, 0.5) is 10.1 Å². The molecule has 0 radical (unpaired) electrons. The van der Waals surface area contributed by atoms with Gasteiger partial charge in [-0.3, -0.25) is 9.59 Å². The average molecular weight is 394 g/mol. The number of hydrogen-bond acceptors (Lipinski definition) is 3. The molecule has 4 rings (SSSR count). The summed E-state index contributed by atoms with van der Waals surface area (Å²) in [5.74, 6) is -0.117. The molecule has 0 bridgehead atoms. The third-order valence-corrected chi connectivity index (χ3v) is 5.27. The Kier molecular flexibility index (Phi) is 5.60. The Morgan fingerprint density at radius 3 is 2.48 bits per heavy atom. The average Bonchev–Trinajstić information content (AvgIpc) is 2.78. The Hall–Kier alpha value is -3.15. The van der Waals surface area contributed by atoms with Crippen molar-refractivity contribution in [3.05, 3.63) is 66.0 Å². The molecular formula is C23H23FN2O3. The number of benzene rings is 2. The van der Waals surface area contributed by atoms with E-state index in [1.165, 1.54) is 18.2 Å². The lowest BCUT2D eigenvalue weighted by atomic mass is 10.1. The van der Waals surface area contributed by atoms with Crippen LogP contribution in [0.15, 0.2) is 54.6 Å². The summed E-state index contributed by atoms with van der Waals surface area (Å²) in [5, 5.41) is 0. The minimum atomic E-state index is -0.717. The van der Waals surface area contributed by atoms with Crippen LogP contribution in [0.3, 0.4) is 0 Å². The van der Waals surface area contributed by atoms with Crippen LogP contribution >= 0.6 is 0 Å². The third-order valence-electron chi connectivity index (χ3n) is 5.27. The molecule has 2 aromatic carbocycles. The zero-order chi connectivity index (χ0) is 20.2. The molecule has 0 aliphatic carbocycles. The first kappa shape index (κ1) is 19.2. The van der Waals surface area contributed by atoms with Crippen molar-refractivity contribution in [2.45, 2.75) is 25.4 Å². The van der Waals surface area contributed by atoms with Gasteiger partial charge in [0, 0.05) is 19.2 Å². The molecule has 6 heteroatoms. The fourth-order valence-electron chi connectivity index (χ4n) is 3.72. The van der Waals surface area contributed by atoms with Crippen LogP contribution in [0.25, 0.3) is 6.08 Å².